The Labute approximate surface area is 119 Å². The van der Waals surface area contributed by atoms with E-state index >= 15 is 0 Å². The minimum absolute atomic E-state index is 0.0801. The quantitative estimate of drug-likeness (QED) is 0.189. The van der Waals surface area contributed by atoms with Gasteiger partial charge in [0.15, 0.2) is 0 Å². The number of ether oxygens (including phenoxy) is 4. The minimum Gasteiger partial charge on any atom is -0.458 e. The highest BCUT2D eigenvalue weighted by molar-refractivity contribution is 5.71. The summed E-state index contributed by atoms with van der Waals surface area (Å²) in [6.45, 7) is 7.56. The van der Waals surface area contributed by atoms with Crippen molar-refractivity contribution < 1.29 is 23.7 Å². The lowest BCUT2D eigenvalue weighted by atomic mass is 10.2. The van der Waals surface area contributed by atoms with Crippen LogP contribution >= 0.6 is 0 Å². The zero-order chi connectivity index (χ0) is 15.3. The van der Waals surface area contributed by atoms with Gasteiger partial charge in [-0.15, -0.1) is 0 Å². The van der Waals surface area contributed by atoms with Gasteiger partial charge in [-0.1, -0.05) is 5.11 Å². The van der Waals surface area contributed by atoms with Crippen LogP contribution in [0, 0.1) is 0 Å². The van der Waals surface area contributed by atoms with Crippen molar-refractivity contribution in [2.75, 3.05) is 46.2 Å². The molecule has 0 rings (SSSR count). The van der Waals surface area contributed by atoms with Gasteiger partial charge in [-0.2, -0.15) is 0 Å². The molecule has 0 aliphatic rings. The molecule has 0 saturated carbocycles. The van der Waals surface area contributed by atoms with E-state index in [-0.39, 0.29) is 12.6 Å². The highest BCUT2D eigenvalue weighted by Crippen LogP contribution is 2.06. The maximum absolute atomic E-state index is 11.3. The van der Waals surface area contributed by atoms with Gasteiger partial charge in [-0.3, -0.25) is 0 Å². The third-order valence-electron chi connectivity index (χ3n) is 1.78. The SMILES string of the molecule is CC(C)(C)OC(=O)COCCOCCOCCN=[N+]=[N-]. The molecule has 0 radical (unpaired) electrons. The van der Waals surface area contributed by atoms with Crippen LogP contribution in [0.1, 0.15) is 20.8 Å². The molecule has 0 aliphatic carbocycles. The largest absolute Gasteiger partial charge is 0.458 e. The Balaban J connectivity index is 3.24. The summed E-state index contributed by atoms with van der Waals surface area (Å²) in [7, 11) is 0. The van der Waals surface area contributed by atoms with E-state index in [1.165, 1.54) is 0 Å². The summed E-state index contributed by atoms with van der Waals surface area (Å²) in [5.74, 6) is -0.390. The third kappa shape index (κ3) is 14.7. The minimum atomic E-state index is -0.496. The molecule has 0 bridgehead atoms. The first-order valence-corrected chi connectivity index (χ1v) is 6.41. The fourth-order valence-corrected chi connectivity index (χ4v) is 1.12. The van der Waals surface area contributed by atoms with Crippen LogP contribution in [-0.2, 0) is 23.7 Å². The van der Waals surface area contributed by atoms with Crippen LogP contribution in [0.2, 0.25) is 0 Å². The highest BCUT2D eigenvalue weighted by atomic mass is 16.6. The average Bonchev–Trinajstić information content (AvgIpc) is 2.34. The van der Waals surface area contributed by atoms with Crippen molar-refractivity contribution in [3.63, 3.8) is 0 Å². The molecule has 0 saturated heterocycles. The van der Waals surface area contributed by atoms with Crippen LogP contribution in [0.15, 0.2) is 5.11 Å². The standard InChI is InChI=1S/C12H23N3O5/c1-12(2,3)20-11(16)10-19-9-8-18-7-6-17-5-4-14-15-13/h4-10H2,1-3H3. The third-order valence-corrected chi connectivity index (χ3v) is 1.78. The van der Waals surface area contributed by atoms with Crippen LogP contribution in [0.5, 0.6) is 0 Å². The first-order valence-electron chi connectivity index (χ1n) is 6.41. The summed E-state index contributed by atoms with van der Waals surface area (Å²) in [6, 6.07) is 0. The van der Waals surface area contributed by atoms with Crippen molar-refractivity contribution >= 4 is 5.97 Å². The molecule has 116 valence electrons. The zero-order valence-electron chi connectivity index (χ0n) is 12.3. The second-order valence-corrected chi connectivity index (χ2v) is 4.82. The summed E-state index contributed by atoms with van der Waals surface area (Å²) in [4.78, 5) is 13.9. The molecular formula is C12H23N3O5. The van der Waals surface area contributed by atoms with Crippen molar-refractivity contribution in [3.8, 4) is 0 Å². The fraction of sp³-hybridized carbons (Fsp3) is 0.917. The molecule has 0 fully saturated rings. The summed E-state index contributed by atoms with van der Waals surface area (Å²) in [6.07, 6.45) is 0. The van der Waals surface area contributed by atoms with Gasteiger partial charge in [0.1, 0.15) is 12.2 Å². The molecule has 0 N–H and O–H groups in total. The number of esters is 1. The molecule has 0 atom stereocenters. The lowest BCUT2D eigenvalue weighted by Crippen LogP contribution is -2.27. The molecule has 0 amide bonds. The Hall–Kier alpha value is -1.34. The van der Waals surface area contributed by atoms with Gasteiger partial charge in [0.25, 0.3) is 0 Å². The van der Waals surface area contributed by atoms with E-state index in [0.29, 0.717) is 39.6 Å². The van der Waals surface area contributed by atoms with E-state index in [4.69, 9.17) is 24.5 Å². The molecule has 0 aromatic carbocycles. The summed E-state index contributed by atoms with van der Waals surface area (Å²) < 4.78 is 20.5. The fourth-order valence-electron chi connectivity index (χ4n) is 1.12. The lowest BCUT2D eigenvalue weighted by molar-refractivity contribution is -0.160. The number of carbonyl (C=O) groups is 1. The zero-order valence-corrected chi connectivity index (χ0v) is 12.3. The van der Waals surface area contributed by atoms with E-state index in [9.17, 15) is 4.79 Å². The van der Waals surface area contributed by atoms with Crippen molar-refractivity contribution in [1.82, 2.24) is 0 Å². The highest BCUT2D eigenvalue weighted by Gasteiger charge is 2.15. The predicted molar refractivity (Wildman–Crippen MR) is 72.3 cm³/mol. The van der Waals surface area contributed by atoms with Gasteiger partial charge in [0.2, 0.25) is 0 Å². The molecule has 8 nitrogen and oxygen atoms in total. The van der Waals surface area contributed by atoms with E-state index in [2.05, 4.69) is 10.0 Å². The van der Waals surface area contributed by atoms with Crippen molar-refractivity contribution in [2.45, 2.75) is 26.4 Å². The number of hydrogen-bond donors (Lipinski definition) is 0. The molecule has 20 heavy (non-hydrogen) atoms. The van der Waals surface area contributed by atoms with Gasteiger partial charge in [-0.25, -0.2) is 4.79 Å². The van der Waals surface area contributed by atoms with Crippen LogP contribution in [0.25, 0.3) is 10.4 Å². The second kappa shape index (κ2) is 11.5. The Kier molecular flexibility index (Phi) is 10.7. The van der Waals surface area contributed by atoms with Crippen molar-refractivity contribution in [1.29, 1.82) is 0 Å². The number of rotatable bonds is 11. The topological polar surface area (TPSA) is 103 Å². The molecule has 0 unspecified atom stereocenters. The van der Waals surface area contributed by atoms with E-state index in [1.54, 1.807) is 20.8 Å². The predicted octanol–water partition coefficient (Wildman–Crippen LogP) is 1.69. The Morgan fingerprint density at radius 2 is 1.60 bits per heavy atom. The smallest absolute Gasteiger partial charge is 0.332 e. The Bertz CT molecular complexity index is 311. The maximum atomic E-state index is 11.3. The average molecular weight is 289 g/mol. The van der Waals surface area contributed by atoms with Crippen molar-refractivity contribution in [2.24, 2.45) is 5.11 Å². The maximum Gasteiger partial charge on any atom is 0.332 e. The lowest BCUT2D eigenvalue weighted by Gasteiger charge is -2.19. The number of nitrogens with zero attached hydrogens (tertiary/aromatic N) is 3. The van der Waals surface area contributed by atoms with Gasteiger partial charge in [-0.05, 0) is 26.3 Å². The van der Waals surface area contributed by atoms with E-state index < -0.39 is 5.60 Å². The van der Waals surface area contributed by atoms with Gasteiger partial charge in [0, 0.05) is 11.5 Å². The van der Waals surface area contributed by atoms with Gasteiger partial charge >= 0.3 is 5.97 Å². The number of hydrogen-bond acceptors (Lipinski definition) is 6. The van der Waals surface area contributed by atoms with Crippen LogP contribution < -0.4 is 0 Å². The van der Waals surface area contributed by atoms with Crippen molar-refractivity contribution in [3.05, 3.63) is 10.4 Å². The first kappa shape index (κ1) is 18.7. The molecule has 0 heterocycles. The molecular weight excluding hydrogens is 266 g/mol. The van der Waals surface area contributed by atoms with Gasteiger partial charge in [0.05, 0.1) is 33.0 Å². The van der Waals surface area contributed by atoms with Crippen LogP contribution in [0.4, 0.5) is 0 Å². The Morgan fingerprint density at radius 3 is 2.15 bits per heavy atom. The number of azide groups is 1. The molecule has 0 aromatic rings. The first-order chi connectivity index (χ1) is 9.45. The normalized spacial score (nSPS) is 10.9. The van der Waals surface area contributed by atoms with Crippen LogP contribution in [0.3, 0.4) is 0 Å². The van der Waals surface area contributed by atoms with E-state index in [0.717, 1.165) is 0 Å². The number of carbonyl (C=O) groups excluding carboxylic acids is 1. The van der Waals surface area contributed by atoms with Gasteiger partial charge < -0.3 is 18.9 Å². The second-order valence-electron chi connectivity index (χ2n) is 4.82. The summed E-state index contributed by atoms with van der Waals surface area (Å²) >= 11 is 0. The molecule has 8 heteroatoms. The Morgan fingerprint density at radius 1 is 1.05 bits per heavy atom. The summed E-state index contributed by atoms with van der Waals surface area (Å²) in [5.41, 5.74) is 7.53. The molecule has 0 aromatic heterocycles. The van der Waals surface area contributed by atoms with Crippen LogP contribution in [-0.4, -0.2) is 57.8 Å². The monoisotopic (exact) mass is 289 g/mol. The molecule has 0 spiro atoms. The van der Waals surface area contributed by atoms with E-state index in [1.807, 2.05) is 0 Å². The molecule has 0 aliphatic heterocycles. The summed E-state index contributed by atoms with van der Waals surface area (Å²) in [5, 5.41) is 3.32.